The highest BCUT2D eigenvalue weighted by atomic mass is 79.9. The van der Waals surface area contributed by atoms with Gasteiger partial charge in [-0.15, -0.1) is 0 Å². The average Bonchev–Trinajstić information content (AvgIpc) is 2.95. The predicted molar refractivity (Wildman–Crippen MR) is 101 cm³/mol. The molecule has 0 spiro atoms. The third kappa shape index (κ3) is 2.82. The minimum Gasteiger partial charge on any atom is -0.354 e. The van der Waals surface area contributed by atoms with Crippen LogP contribution in [0.1, 0.15) is 11.1 Å². The van der Waals surface area contributed by atoms with Crippen molar-refractivity contribution in [2.45, 2.75) is 6.42 Å². The monoisotopic (exact) mass is 361 g/mol. The SMILES string of the molecule is Brc1cccc(Cc2c(-c3ccccc3)[nH]c3ccccc23)c1. The van der Waals surface area contributed by atoms with Gasteiger partial charge in [0.05, 0.1) is 5.69 Å². The Morgan fingerprint density at radius 2 is 1.57 bits per heavy atom. The van der Waals surface area contributed by atoms with Crippen LogP contribution in [0.4, 0.5) is 0 Å². The number of rotatable bonds is 3. The van der Waals surface area contributed by atoms with E-state index in [1.165, 1.54) is 33.3 Å². The van der Waals surface area contributed by atoms with Crippen molar-refractivity contribution >= 4 is 26.8 Å². The highest BCUT2D eigenvalue weighted by molar-refractivity contribution is 9.10. The van der Waals surface area contributed by atoms with Crippen LogP contribution in [0.3, 0.4) is 0 Å². The number of hydrogen-bond acceptors (Lipinski definition) is 0. The van der Waals surface area contributed by atoms with E-state index in [-0.39, 0.29) is 0 Å². The largest absolute Gasteiger partial charge is 0.354 e. The summed E-state index contributed by atoms with van der Waals surface area (Å²) in [4.78, 5) is 3.60. The summed E-state index contributed by atoms with van der Waals surface area (Å²) in [5, 5.41) is 1.30. The number of nitrogens with one attached hydrogen (secondary N) is 1. The quantitative estimate of drug-likeness (QED) is 0.447. The lowest BCUT2D eigenvalue weighted by atomic mass is 9.98. The third-order valence-electron chi connectivity index (χ3n) is 4.15. The fourth-order valence-corrected chi connectivity index (χ4v) is 3.53. The molecule has 0 saturated carbocycles. The second-order valence-electron chi connectivity index (χ2n) is 5.70. The van der Waals surface area contributed by atoms with Gasteiger partial charge in [-0.05, 0) is 34.9 Å². The maximum absolute atomic E-state index is 3.60. The van der Waals surface area contributed by atoms with Crippen molar-refractivity contribution in [2.24, 2.45) is 0 Å². The van der Waals surface area contributed by atoms with Gasteiger partial charge < -0.3 is 4.98 Å². The summed E-state index contributed by atoms with van der Waals surface area (Å²) in [7, 11) is 0. The third-order valence-corrected chi connectivity index (χ3v) is 4.64. The van der Waals surface area contributed by atoms with E-state index in [0.717, 1.165) is 10.9 Å². The molecule has 0 atom stereocenters. The normalized spacial score (nSPS) is 11.0. The summed E-state index contributed by atoms with van der Waals surface area (Å²) in [6, 6.07) is 27.6. The van der Waals surface area contributed by atoms with Crippen molar-refractivity contribution in [1.82, 2.24) is 4.98 Å². The van der Waals surface area contributed by atoms with Gasteiger partial charge in [0.25, 0.3) is 0 Å². The highest BCUT2D eigenvalue weighted by Crippen LogP contribution is 2.32. The van der Waals surface area contributed by atoms with E-state index in [1.807, 2.05) is 0 Å². The second kappa shape index (κ2) is 6.05. The lowest BCUT2D eigenvalue weighted by molar-refractivity contribution is 1.20. The first-order valence-corrected chi connectivity index (χ1v) is 8.50. The molecule has 23 heavy (non-hydrogen) atoms. The molecule has 4 aromatic rings. The molecule has 0 fully saturated rings. The Labute approximate surface area is 144 Å². The van der Waals surface area contributed by atoms with Crippen molar-refractivity contribution in [3.8, 4) is 11.3 Å². The number of aromatic nitrogens is 1. The van der Waals surface area contributed by atoms with Crippen LogP contribution in [0.15, 0.2) is 83.3 Å². The number of halogens is 1. The molecule has 0 bridgehead atoms. The van der Waals surface area contributed by atoms with E-state index in [2.05, 4.69) is 99.8 Å². The zero-order chi connectivity index (χ0) is 15.6. The Kier molecular flexibility index (Phi) is 3.76. The lowest BCUT2D eigenvalue weighted by Gasteiger charge is -2.06. The fourth-order valence-electron chi connectivity index (χ4n) is 3.09. The van der Waals surface area contributed by atoms with E-state index < -0.39 is 0 Å². The number of H-pyrrole nitrogens is 1. The molecule has 1 heterocycles. The van der Waals surface area contributed by atoms with Gasteiger partial charge in [-0.3, -0.25) is 0 Å². The maximum atomic E-state index is 3.60. The molecule has 1 aromatic heterocycles. The molecular weight excluding hydrogens is 346 g/mol. The molecule has 0 radical (unpaired) electrons. The highest BCUT2D eigenvalue weighted by Gasteiger charge is 2.13. The Morgan fingerprint density at radius 3 is 2.39 bits per heavy atom. The van der Waals surface area contributed by atoms with Gasteiger partial charge >= 0.3 is 0 Å². The van der Waals surface area contributed by atoms with Gasteiger partial charge in [0.15, 0.2) is 0 Å². The summed E-state index contributed by atoms with van der Waals surface area (Å²) in [5.41, 5.74) is 6.29. The van der Waals surface area contributed by atoms with E-state index >= 15 is 0 Å². The van der Waals surface area contributed by atoms with E-state index in [0.29, 0.717) is 0 Å². The summed E-state index contributed by atoms with van der Waals surface area (Å²) in [6.07, 6.45) is 0.910. The van der Waals surface area contributed by atoms with Crippen LogP contribution in [0.25, 0.3) is 22.2 Å². The van der Waals surface area contributed by atoms with Gasteiger partial charge in [-0.1, -0.05) is 76.6 Å². The fraction of sp³-hybridized carbons (Fsp3) is 0.0476. The molecule has 112 valence electrons. The van der Waals surface area contributed by atoms with E-state index in [9.17, 15) is 0 Å². The molecule has 0 amide bonds. The zero-order valence-corrected chi connectivity index (χ0v) is 14.2. The molecule has 0 saturated heterocycles. The minimum atomic E-state index is 0.910. The molecule has 0 unspecified atom stereocenters. The lowest BCUT2D eigenvalue weighted by Crippen LogP contribution is -1.90. The van der Waals surface area contributed by atoms with Crippen LogP contribution in [-0.2, 0) is 6.42 Å². The molecule has 2 heteroatoms. The minimum absolute atomic E-state index is 0.910. The number of hydrogen-bond donors (Lipinski definition) is 1. The van der Waals surface area contributed by atoms with Crippen LogP contribution in [0.2, 0.25) is 0 Å². The number of fused-ring (bicyclic) bond motifs is 1. The Balaban J connectivity index is 1.89. The molecule has 1 nitrogen and oxygen atoms in total. The molecule has 0 aliphatic rings. The number of para-hydroxylation sites is 1. The molecule has 1 N–H and O–H groups in total. The van der Waals surface area contributed by atoms with Gasteiger partial charge in [0.1, 0.15) is 0 Å². The summed E-state index contributed by atoms with van der Waals surface area (Å²) >= 11 is 3.57. The van der Waals surface area contributed by atoms with Crippen LogP contribution in [0, 0.1) is 0 Å². The zero-order valence-electron chi connectivity index (χ0n) is 12.6. The summed E-state index contributed by atoms with van der Waals surface area (Å²) in [5.74, 6) is 0. The summed E-state index contributed by atoms with van der Waals surface area (Å²) in [6.45, 7) is 0. The molecule has 4 rings (SSSR count). The van der Waals surface area contributed by atoms with Gasteiger partial charge in [0.2, 0.25) is 0 Å². The van der Waals surface area contributed by atoms with Crippen molar-refractivity contribution in [2.75, 3.05) is 0 Å². The van der Waals surface area contributed by atoms with Crippen molar-refractivity contribution in [3.05, 3.63) is 94.5 Å². The predicted octanol–water partition coefficient (Wildman–Crippen LogP) is 6.19. The van der Waals surface area contributed by atoms with Gasteiger partial charge in [0, 0.05) is 21.8 Å². The van der Waals surface area contributed by atoms with Gasteiger partial charge in [-0.2, -0.15) is 0 Å². The van der Waals surface area contributed by atoms with E-state index in [1.54, 1.807) is 0 Å². The van der Waals surface area contributed by atoms with Crippen LogP contribution >= 0.6 is 15.9 Å². The van der Waals surface area contributed by atoms with Crippen LogP contribution < -0.4 is 0 Å². The Hall–Kier alpha value is -2.32. The first-order chi connectivity index (χ1) is 11.3. The van der Waals surface area contributed by atoms with Crippen LogP contribution in [-0.4, -0.2) is 4.98 Å². The van der Waals surface area contributed by atoms with Crippen molar-refractivity contribution < 1.29 is 0 Å². The molecule has 3 aromatic carbocycles. The number of benzene rings is 3. The van der Waals surface area contributed by atoms with Crippen molar-refractivity contribution in [3.63, 3.8) is 0 Å². The number of aromatic amines is 1. The standard InChI is InChI=1S/C21H16BrN/c22-17-10-6-7-15(13-17)14-19-18-11-4-5-12-20(18)23-21(19)16-8-2-1-3-9-16/h1-13,23H,14H2. The van der Waals surface area contributed by atoms with Gasteiger partial charge in [-0.25, -0.2) is 0 Å². The Morgan fingerprint density at radius 1 is 0.783 bits per heavy atom. The molecule has 0 aliphatic carbocycles. The Bertz CT molecular complexity index is 954. The summed E-state index contributed by atoms with van der Waals surface area (Å²) < 4.78 is 1.12. The molecular formula is C21H16BrN. The first-order valence-electron chi connectivity index (χ1n) is 7.71. The topological polar surface area (TPSA) is 15.8 Å². The molecule has 0 aliphatic heterocycles. The first kappa shape index (κ1) is 14.3. The average molecular weight is 362 g/mol. The maximum Gasteiger partial charge on any atom is 0.0500 e. The van der Waals surface area contributed by atoms with E-state index in [4.69, 9.17) is 0 Å². The second-order valence-corrected chi connectivity index (χ2v) is 6.61. The van der Waals surface area contributed by atoms with Crippen LogP contribution in [0.5, 0.6) is 0 Å². The van der Waals surface area contributed by atoms with Crippen molar-refractivity contribution in [1.29, 1.82) is 0 Å². The smallest absolute Gasteiger partial charge is 0.0500 e.